The van der Waals surface area contributed by atoms with Crippen molar-refractivity contribution >= 4 is 35.1 Å². The van der Waals surface area contributed by atoms with Crippen molar-refractivity contribution < 1.29 is 28.8 Å². The third kappa shape index (κ3) is 3.81. The Kier molecular flexibility index (Phi) is 5.35. The lowest BCUT2D eigenvalue weighted by Gasteiger charge is -2.13. The number of benzene rings is 2. The molecule has 29 heavy (non-hydrogen) atoms. The summed E-state index contributed by atoms with van der Waals surface area (Å²) in [4.78, 5) is 59.8. The lowest BCUT2D eigenvalue weighted by molar-refractivity contribution is -0.385. The number of nitro groups is 1. The minimum Gasteiger partial charge on any atom is -0.465 e. The third-order valence-electron chi connectivity index (χ3n) is 4.30. The first kappa shape index (κ1) is 19.7. The summed E-state index contributed by atoms with van der Waals surface area (Å²) in [6, 6.07) is 9.88. The van der Waals surface area contributed by atoms with Crippen molar-refractivity contribution in [2.24, 2.45) is 0 Å². The zero-order valence-corrected chi connectivity index (χ0v) is 15.2. The number of anilines is 1. The molecule has 3 rings (SSSR count). The van der Waals surface area contributed by atoms with Crippen LogP contribution in [0.2, 0.25) is 0 Å². The summed E-state index contributed by atoms with van der Waals surface area (Å²) in [7, 11) is 1.24. The van der Waals surface area contributed by atoms with Crippen LogP contribution in [0.15, 0.2) is 42.5 Å². The molecular weight excluding hydrogens is 382 g/mol. The molecule has 10 nitrogen and oxygen atoms in total. The maximum absolute atomic E-state index is 12.5. The maximum Gasteiger partial charge on any atom is 0.337 e. The lowest BCUT2D eigenvalue weighted by atomic mass is 10.1. The van der Waals surface area contributed by atoms with E-state index in [1.54, 1.807) is 12.1 Å². The second-order valence-corrected chi connectivity index (χ2v) is 6.09. The van der Waals surface area contributed by atoms with Gasteiger partial charge in [-0.15, -0.1) is 0 Å². The highest BCUT2D eigenvalue weighted by atomic mass is 16.6. The highest BCUT2D eigenvalue weighted by Crippen LogP contribution is 2.30. The molecule has 0 fully saturated rings. The summed E-state index contributed by atoms with van der Waals surface area (Å²) in [5.74, 6) is -2.56. The van der Waals surface area contributed by atoms with Gasteiger partial charge in [0.25, 0.3) is 17.5 Å². The topological polar surface area (TPSA) is 136 Å². The number of hydrogen-bond acceptors (Lipinski definition) is 7. The fraction of sp³-hybridized carbons (Fsp3) is 0.158. The monoisotopic (exact) mass is 397 g/mol. The Morgan fingerprint density at radius 3 is 2.55 bits per heavy atom. The molecule has 2 aromatic carbocycles. The molecule has 0 atom stereocenters. The highest BCUT2D eigenvalue weighted by Gasteiger charge is 2.40. The van der Waals surface area contributed by atoms with E-state index in [1.807, 2.05) is 0 Å². The Morgan fingerprint density at radius 1 is 1.14 bits per heavy atom. The number of methoxy groups -OCH3 is 1. The molecule has 0 aliphatic carbocycles. The van der Waals surface area contributed by atoms with Gasteiger partial charge in [0, 0.05) is 24.7 Å². The summed E-state index contributed by atoms with van der Waals surface area (Å²) < 4.78 is 4.61. The van der Waals surface area contributed by atoms with Crippen molar-refractivity contribution in [3.8, 4) is 0 Å². The SMILES string of the molecule is COC(=O)c1cccc(NC(=O)CCN2C(=O)c3cccc([N+](=O)[O-])c3C2=O)c1. The number of imide groups is 1. The predicted octanol–water partition coefficient (Wildman–Crippen LogP) is 2.01. The normalized spacial score (nSPS) is 12.5. The van der Waals surface area contributed by atoms with Crippen molar-refractivity contribution in [3.63, 3.8) is 0 Å². The van der Waals surface area contributed by atoms with E-state index < -0.39 is 34.3 Å². The molecule has 1 heterocycles. The van der Waals surface area contributed by atoms with Crippen LogP contribution in [0.5, 0.6) is 0 Å². The number of carbonyl (C=O) groups excluding carboxylic acids is 4. The second kappa shape index (κ2) is 7.89. The summed E-state index contributed by atoms with van der Waals surface area (Å²) in [6.07, 6.45) is -0.221. The number of fused-ring (bicyclic) bond motifs is 1. The van der Waals surface area contributed by atoms with E-state index >= 15 is 0 Å². The Labute approximate surface area is 164 Å². The number of amides is 3. The van der Waals surface area contributed by atoms with Crippen LogP contribution in [0, 0.1) is 10.1 Å². The Morgan fingerprint density at radius 2 is 1.86 bits per heavy atom. The smallest absolute Gasteiger partial charge is 0.337 e. The molecule has 0 aromatic heterocycles. The Hall–Kier alpha value is -4.08. The third-order valence-corrected chi connectivity index (χ3v) is 4.30. The van der Waals surface area contributed by atoms with Crippen molar-refractivity contribution in [2.45, 2.75) is 6.42 Å². The summed E-state index contributed by atoms with van der Waals surface area (Å²) in [5.41, 5.74) is -0.189. The molecular formula is C19H15N3O7. The zero-order chi connectivity index (χ0) is 21.1. The molecule has 10 heteroatoms. The minimum atomic E-state index is -0.808. The van der Waals surface area contributed by atoms with Gasteiger partial charge in [0.15, 0.2) is 0 Å². The Balaban J connectivity index is 1.68. The quantitative estimate of drug-likeness (QED) is 0.341. The first-order valence-electron chi connectivity index (χ1n) is 8.45. The molecule has 1 aliphatic heterocycles. The van der Waals surface area contributed by atoms with E-state index in [-0.39, 0.29) is 29.7 Å². The van der Waals surface area contributed by atoms with Crippen molar-refractivity contribution in [2.75, 3.05) is 19.0 Å². The van der Waals surface area contributed by atoms with Crippen LogP contribution in [0.1, 0.15) is 37.5 Å². The van der Waals surface area contributed by atoms with Crippen LogP contribution in [0.25, 0.3) is 0 Å². The van der Waals surface area contributed by atoms with E-state index in [2.05, 4.69) is 10.1 Å². The van der Waals surface area contributed by atoms with Gasteiger partial charge in [-0.2, -0.15) is 0 Å². The zero-order valence-electron chi connectivity index (χ0n) is 15.2. The molecule has 2 aromatic rings. The van der Waals surface area contributed by atoms with Crippen LogP contribution in [0.3, 0.4) is 0 Å². The van der Waals surface area contributed by atoms with Gasteiger partial charge in [-0.1, -0.05) is 12.1 Å². The molecule has 0 unspecified atom stereocenters. The molecule has 0 spiro atoms. The van der Waals surface area contributed by atoms with Gasteiger partial charge in [0.05, 0.1) is 23.2 Å². The number of nitro benzene ring substituents is 1. The molecule has 148 valence electrons. The predicted molar refractivity (Wildman–Crippen MR) is 99.5 cm³/mol. The number of ether oxygens (including phenoxy) is 1. The highest BCUT2D eigenvalue weighted by molar-refractivity contribution is 6.23. The van der Waals surface area contributed by atoms with Crippen LogP contribution in [-0.2, 0) is 9.53 Å². The number of rotatable bonds is 6. The first-order chi connectivity index (χ1) is 13.8. The van der Waals surface area contributed by atoms with E-state index in [1.165, 1.54) is 31.4 Å². The molecule has 0 radical (unpaired) electrons. The molecule has 0 saturated heterocycles. The van der Waals surface area contributed by atoms with E-state index in [0.29, 0.717) is 5.69 Å². The van der Waals surface area contributed by atoms with Crippen molar-refractivity contribution in [3.05, 3.63) is 69.3 Å². The van der Waals surface area contributed by atoms with Crippen LogP contribution >= 0.6 is 0 Å². The van der Waals surface area contributed by atoms with E-state index in [9.17, 15) is 29.3 Å². The first-order valence-corrected chi connectivity index (χ1v) is 8.45. The summed E-state index contributed by atoms with van der Waals surface area (Å²) in [5, 5.41) is 13.7. The number of esters is 1. The van der Waals surface area contributed by atoms with Crippen molar-refractivity contribution in [1.29, 1.82) is 0 Å². The number of carbonyl (C=O) groups is 4. The standard InChI is InChI=1S/C19H15N3O7/c1-29-19(26)11-4-2-5-12(10-11)20-15(23)8-9-21-17(24)13-6-3-7-14(22(27)28)16(13)18(21)25/h2-7,10H,8-9H2,1H3,(H,20,23). The van der Waals surface area contributed by atoms with E-state index in [0.717, 1.165) is 11.0 Å². The maximum atomic E-state index is 12.5. The minimum absolute atomic E-state index is 0.0598. The van der Waals surface area contributed by atoms with Gasteiger partial charge < -0.3 is 10.1 Å². The molecule has 3 amide bonds. The number of nitrogens with one attached hydrogen (secondary N) is 1. The van der Waals surface area contributed by atoms with Gasteiger partial charge in [-0.05, 0) is 24.3 Å². The average Bonchev–Trinajstić information content (AvgIpc) is 2.96. The largest absolute Gasteiger partial charge is 0.465 e. The molecule has 0 saturated carbocycles. The summed E-state index contributed by atoms with van der Waals surface area (Å²) in [6.45, 7) is -0.244. The summed E-state index contributed by atoms with van der Waals surface area (Å²) >= 11 is 0. The fourth-order valence-electron chi connectivity index (χ4n) is 2.95. The molecule has 0 bridgehead atoms. The average molecular weight is 397 g/mol. The van der Waals surface area contributed by atoms with Gasteiger partial charge in [0.1, 0.15) is 5.56 Å². The van der Waals surface area contributed by atoms with Gasteiger partial charge in [-0.25, -0.2) is 4.79 Å². The van der Waals surface area contributed by atoms with Crippen LogP contribution < -0.4 is 5.32 Å². The van der Waals surface area contributed by atoms with Gasteiger partial charge in [0.2, 0.25) is 5.91 Å². The number of hydrogen-bond donors (Lipinski definition) is 1. The second-order valence-electron chi connectivity index (χ2n) is 6.09. The van der Waals surface area contributed by atoms with Crippen molar-refractivity contribution in [1.82, 2.24) is 4.90 Å². The lowest BCUT2D eigenvalue weighted by Crippen LogP contribution is -2.33. The van der Waals surface area contributed by atoms with E-state index in [4.69, 9.17) is 0 Å². The van der Waals surface area contributed by atoms with Gasteiger partial charge in [-0.3, -0.25) is 29.4 Å². The van der Waals surface area contributed by atoms with Gasteiger partial charge >= 0.3 is 5.97 Å². The van der Waals surface area contributed by atoms with Crippen LogP contribution in [-0.4, -0.2) is 47.2 Å². The number of nitrogens with zero attached hydrogens (tertiary/aromatic N) is 2. The Bertz CT molecular complexity index is 1050. The van der Waals surface area contributed by atoms with Crippen LogP contribution in [0.4, 0.5) is 11.4 Å². The molecule has 1 N–H and O–H groups in total. The molecule has 1 aliphatic rings. The fourth-order valence-corrected chi connectivity index (χ4v) is 2.95.